The van der Waals surface area contributed by atoms with Gasteiger partial charge in [-0.1, -0.05) is 42.5 Å². The molecule has 2 aromatic carbocycles. The standard InChI is InChI=1S/C14H13O/c1-3-7-13(8-4-1)11-12-15-14-9-5-2-6-10-14/h1-7,9-10H,11-12H2. The highest BCUT2D eigenvalue weighted by Crippen LogP contribution is 2.09. The average molecular weight is 197 g/mol. The van der Waals surface area contributed by atoms with Crippen LogP contribution in [0.3, 0.4) is 0 Å². The van der Waals surface area contributed by atoms with Crippen LogP contribution in [-0.2, 0) is 6.42 Å². The van der Waals surface area contributed by atoms with E-state index in [4.69, 9.17) is 4.74 Å². The lowest BCUT2D eigenvalue weighted by Crippen LogP contribution is -2.00. The van der Waals surface area contributed by atoms with Gasteiger partial charge in [-0.15, -0.1) is 0 Å². The lowest BCUT2D eigenvalue weighted by Gasteiger charge is -2.05. The van der Waals surface area contributed by atoms with Crippen molar-refractivity contribution in [2.75, 3.05) is 6.61 Å². The van der Waals surface area contributed by atoms with Crippen molar-refractivity contribution >= 4 is 0 Å². The maximum atomic E-state index is 5.59. The van der Waals surface area contributed by atoms with Gasteiger partial charge in [-0.25, -0.2) is 0 Å². The van der Waals surface area contributed by atoms with E-state index in [-0.39, 0.29) is 0 Å². The number of rotatable bonds is 4. The largest absolute Gasteiger partial charge is 0.493 e. The topological polar surface area (TPSA) is 9.23 Å². The zero-order valence-corrected chi connectivity index (χ0v) is 8.52. The van der Waals surface area contributed by atoms with Gasteiger partial charge < -0.3 is 4.74 Å². The summed E-state index contributed by atoms with van der Waals surface area (Å²) in [5.74, 6) is 0.924. The molecule has 0 saturated carbocycles. The van der Waals surface area contributed by atoms with Gasteiger partial charge in [0.1, 0.15) is 5.75 Å². The van der Waals surface area contributed by atoms with Crippen LogP contribution in [0, 0.1) is 6.07 Å². The van der Waals surface area contributed by atoms with Crippen molar-refractivity contribution < 1.29 is 4.74 Å². The van der Waals surface area contributed by atoms with Crippen LogP contribution in [0.4, 0.5) is 0 Å². The van der Waals surface area contributed by atoms with Gasteiger partial charge in [0.2, 0.25) is 0 Å². The molecule has 1 radical (unpaired) electrons. The van der Waals surface area contributed by atoms with Crippen LogP contribution in [0.5, 0.6) is 5.75 Å². The molecule has 1 nitrogen and oxygen atoms in total. The zero-order chi connectivity index (χ0) is 10.3. The maximum absolute atomic E-state index is 5.59. The Kier molecular flexibility index (Phi) is 3.39. The summed E-state index contributed by atoms with van der Waals surface area (Å²) in [4.78, 5) is 0. The van der Waals surface area contributed by atoms with Gasteiger partial charge in [0.25, 0.3) is 0 Å². The second kappa shape index (κ2) is 5.20. The molecule has 0 aromatic heterocycles. The summed E-state index contributed by atoms with van der Waals surface area (Å²) >= 11 is 0. The monoisotopic (exact) mass is 197 g/mol. The molecule has 0 N–H and O–H groups in total. The Balaban J connectivity index is 1.81. The van der Waals surface area contributed by atoms with Crippen LogP contribution >= 0.6 is 0 Å². The molecular weight excluding hydrogens is 184 g/mol. The summed E-state index contributed by atoms with van der Waals surface area (Å²) in [7, 11) is 0. The first-order valence-corrected chi connectivity index (χ1v) is 5.08. The Morgan fingerprint density at radius 1 is 0.933 bits per heavy atom. The van der Waals surface area contributed by atoms with E-state index in [2.05, 4.69) is 12.1 Å². The molecule has 1 heteroatoms. The molecule has 0 atom stereocenters. The van der Waals surface area contributed by atoms with Crippen LogP contribution in [0.15, 0.2) is 54.6 Å². The fourth-order valence-electron chi connectivity index (χ4n) is 1.38. The molecule has 2 rings (SSSR count). The highest BCUT2D eigenvalue weighted by Gasteiger charge is 1.93. The third-order valence-electron chi connectivity index (χ3n) is 2.16. The van der Waals surface area contributed by atoms with Gasteiger partial charge in [-0.2, -0.15) is 0 Å². The van der Waals surface area contributed by atoms with E-state index in [9.17, 15) is 0 Å². The van der Waals surface area contributed by atoms with Gasteiger partial charge in [-0.05, 0) is 23.8 Å². The van der Waals surface area contributed by atoms with E-state index >= 15 is 0 Å². The minimum Gasteiger partial charge on any atom is -0.493 e. The van der Waals surface area contributed by atoms with Crippen LogP contribution < -0.4 is 4.74 Å². The summed E-state index contributed by atoms with van der Waals surface area (Å²) in [6.45, 7) is 0.699. The van der Waals surface area contributed by atoms with E-state index in [0.717, 1.165) is 12.2 Å². The highest BCUT2D eigenvalue weighted by atomic mass is 16.5. The van der Waals surface area contributed by atoms with E-state index in [1.54, 1.807) is 0 Å². The fourth-order valence-corrected chi connectivity index (χ4v) is 1.38. The Morgan fingerprint density at radius 3 is 2.47 bits per heavy atom. The molecule has 0 unspecified atom stereocenters. The fraction of sp³-hybridized carbons (Fsp3) is 0.143. The molecule has 15 heavy (non-hydrogen) atoms. The third kappa shape index (κ3) is 3.13. The summed E-state index contributed by atoms with van der Waals surface area (Å²) in [6.07, 6.45) is 0.899. The minimum atomic E-state index is 0.699. The molecule has 0 aliphatic rings. The molecule has 0 aliphatic heterocycles. The van der Waals surface area contributed by atoms with Gasteiger partial charge in [0, 0.05) is 6.42 Å². The van der Waals surface area contributed by atoms with Gasteiger partial charge >= 0.3 is 0 Å². The van der Waals surface area contributed by atoms with Crippen molar-refractivity contribution in [3.8, 4) is 5.75 Å². The van der Waals surface area contributed by atoms with Crippen LogP contribution in [0.25, 0.3) is 0 Å². The molecule has 0 amide bonds. The Bertz CT molecular complexity index is 341. The number of benzene rings is 2. The number of para-hydroxylation sites is 1. The van der Waals surface area contributed by atoms with E-state index < -0.39 is 0 Å². The number of hydrogen-bond donors (Lipinski definition) is 0. The lowest BCUT2D eigenvalue weighted by molar-refractivity contribution is 0.322. The van der Waals surface area contributed by atoms with Gasteiger partial charge in [0.05, 0.1) is 6.61 Å². The van der Waals surface area contributed by atoms with Gasteiger partial charge in [0.15, 0.2) is 0 Å². The lowest BCUT2D eigenvalue weighted by atomic mass is 10.2. The molecule has 0 aliphatic carbocycles. The molecule has 0 fully saturated rings. The maximum Gasteiger partial charge on any atom is 0.119 e. The first-order valence-electron chi connectivity index (χ1n) is 5.08. The van der Waals surface area contributed by atoms with Gasteiger partial charge in [-0.3, -0.25) is 0 Å². The van der Waals surface area contributed by atoms with Crippen molar-refractivity contribution in [3.63, 3.8) is 0 Å². The van der Waals surface area contributed by atoms with Crippen molar-refractivity contribution in [1.82, 2.24) is 0 Å². The van der Waals surface area contributed by atoms with E-state index in [0.29, 0.717) is 6.61 Å². The number of ether oxygens (including phenoxy) is 1. The normalized spacial score (nSPS) is 9.87. The Labute approximate surface area is 90.3 Å². The molecule has 0 bridgehead atoms. The van der Waals surface area contributed by atoms with Crippen LogP contribution in [0.2, 0.25) is 0 Å². The Morgan fingerprint density at radius 2 is 1.73 bits per heavy atom. The second-order valence-electron chi connectivity index (χ2n) is 3.30. The smallest absolute Gasteiger partial charge is 0.119 e. The Hall–Kier alpha value is -1.76. The average Bonchev–Trinajstić information content (AvgIpc) is 2.32. The van der Waals surface area contributed by atoms with E-state index in [1.165, 1.54) is 5.56 Å². The summed E-state index contributed by atoms with van der Waals surface area (Å²) in [5.41, 5.74) is 1.19. The first kappa shape index (κ1) is 9.78. The molecular formula is C14H13O. The highest BCUT2D eigenvalue weighted by molar-refractivity contribution is 5.21. The van der Waals surface area contributed by atoms with Crippen molar-refractivity contribution in [2.45, 2.75) is 6.42 Å². The quantitative estimate of drug-likeness (QED) is 0.731. The first-order chi connectivity index (χ1) is 7.45. The number of hydrogen-bond acceptors (Lipinski definition) is 1. The predicted octanol–water partition coefficient (Wildman–Crippen LogP) is 3.11. The van der Waals surface area contributed by atoms with Crippen molar-refractivity contribution in [2.24, 2.45) is 0 Å². The predicted molar refractivity (Wildman–Crippen MR) is 60.9 cm³/mol. The summed E-state index contributed by atoms with van der Waals surface area (Å²) in [6, 6.07) is 21.0. The molecule has 0 saturated heterocycles. The third-order valence-corrected chi connectivity index (χ3v) is 2.16. The molecule has 0 heterocycles. The van der Waals surface area contributed by atoms with E-state index in [1.807, 2.05) is 48.5 Å². The van der Waals surface area contributed by atoms with Crippen LogP contribution in [0.1, 0.15) is 5.56 Å². The zero-order valence-electron chi connectivity index (χ0n) is 8.52. The van der Waals surface area contributed by atoms with Crippen molar-refractivity contribution in [1.29, 1.82) is 0 Å². The SMILES string of the molecule is [c]1ccccc1CCOc1ccccc1. The molecule has 2 aromatic rings. The molecule has 0 spiro atoms. The summed E-state index contributed by atoms with van der Waals surface area (Å²) in [5, 5.41) is 0. The molecule has 75 valence electrons. The second-order valence-corrected chi connectivity index (χ2v) is 3.30. The minimum absolute atomic E-state index is 0.699. The van der Waals surface area contributed by atoms with Crippen molar-refractivity contribution in [3.05, 3.63) is 66.2 Å². The summed E-state index contributed by atoms with van der Waals surface area (Å²) < 4.78 is 5.59. The van der Waals surface area contributed by atoms with Crippen LogP contribution in [-0.4, -0.2) is 6.61 Å².